The third-order valence-electron chi connectivity index (χ3n) is 5.28. The molecule has 0 amide bonds. The summed E-state index contributed by atoms with van der Waals surface area (Å²) >= 11 is 1.82. The van der Waals surface area contributed by atoms with Crippen molar-refractivity contribution in [3.63, 3.8) is 0 Å². The Kier molecular flexibility index (Phi) is 7.84. The normalized spacial score (nSPS) is 19.5. The monoisotopic (exact) mass is 512 g/mol. The maximum Gasteiger partial charge on any atom is 0.194 e. The molecule has 1 fully saturated rings. The molecule has 0 bridgehead atoms. The van der Waals surface area contributed by atoms with Gasteiger partial charge in [-0.3, -0.25) is 4.99 Å². The van der Waals surface area contributed by atoms with E-state index in [4.69, 9.17) is 9.73 Å². The minimum atomic E-state index is 0. The molecule has 2 aliphatic rings. The van der Waals surface area contributed by atoms with Crippen LogP contribution in [0.4, 0.5) is 5.00 Å². The van der Waals surface area contributed by atoms with Gasteiger partial charge in [0.1, 0.15) is 5.75 Å². The lowest BCUT2D eigenvalue weighted by molar-refractivity contribution is 0.268. The van der Waals surface area contributed by atoms with Gasteiger partial charge < -0.3 is 19.9 Å². The van der Waals surface area contributed by atoms with Gasteiger partial charge in [0.15, 0.2) is 5.96 Å². The molecule has 0 spiro atoms. The summed E-state index contributed by atoms with van der Waals surface area (Å²) in [5.74, 6) is 2.52. The topological polar surface area (TPSA) is 40.1 Å². The summed E-state index contributed by atoms with van der Waals surface area (Å²) in [5, 5.41) is 7.02. The molecular formula is C21H29IN4OS. The van der Waals surface area contributed by atoms with E-state index in [-0.39, 0.29) is 24.0 Å². The van der Waals surface area contributed by atoms with Crippen molar-refractivity contribution >= 4 is 46.3 Å². The maximum absolute atomic E-state index is 5.79. The Morgan fingerprint density at radius 2 is 2.00 bits per heavy atom. The van der Waals surface area contributed by atoms with E-state index >= 15 is 0 Å². The number of hydrogen-bond donors (Lipinski definition) is 1. The van der Waals surface area contributed by atoms with Crippen LogP contribution in [0, 0.1) is 0 Å². The van der Waals surface area contributed by atoms with E-state index in [1.54, 1.807) is 0 Å². The van der Waals surface area contributed by atoms with Gasteiger partial charge in [-0.05, 0) is 42.5 Å². The van der Waals surface area contributed by atoms with Gasteiger partial charge in [0.05, 0.1) is 11.6 Å². The fourth-order valence-electron chi connectivity index (χ4n) is 3.82. The minimum Gasteiger partial charge on any atom is -0.493 e. The number of aliphatic imine (C=N–C) groups is 1. The zero-order valence-electron chi connectivity index (χ0n) is 16.3. The van der Waals surface area contributed by atoms with Crippen LogP contribution in [0.25, 0.3) is 0 Å². The molecule has 1 aromatic carbocycles. The molecule has 152 valence electrons. The van der Waals surface area contributed by atoms with E-state index in [2.05, 4.69) is 57.8 Å². The second kappa shape index (κ2) is 10.3. The van der Waals surface area contributed by atoms with Gasteiger partial charge in [0.2, 0.25) is 0 Å². The van der Waals surface area contributed by atoms with E-state index in [1.165, 1.54) is 10.6 Å². The average Bonchev–Trinajstić information content (AvgIpc) is 3.26. The number of hydrogen-bond acceptors (Lipinski definition) is 4. The Morgan fingerprint density at radius 1 is 1.18 bits per heavy atom. The molecule has 0 radical (unpaired) electrons. The van der Waals surface area contributed by atoms with Crippen molar-refractivity contribution in [3.05, 3.63) is 47.3 Å². The summed E-state index contributed by atoms with van der Waals surface area (Å²) in [6.07, 6.45) is 1.03. The van der Waals surface area contributed by atoms with E-state index in [0.717, 1.165) is 64.0 Å². The number of piperazine rings is 1. The van der Waals surface area contributed by atoms with Crippen LogP contribution in [0.1, 0.15) is 24.8 Å². The quantitative estimate of drug-likeness (QED) is 0.382. The molecule has 0 saturated carbocycles. The Morgan fingerprint density at radius 3 is 2.75 bits per heavy atom. The molecule has 1 saturated heterocycles. The second-order valence-corrected chi connectivity index (χ2v) is 7.92. The summed E-state index contributed by atoms with van der Waals surface area (Å²) < 4.78 is 5.79. The van der Waals surface area contributed by atoms with Crippen molar-refractivity contribution in [1.82, 2.24) is 10.2 Å². The molecule has 1 atom stereocenters. The Hall–Kier alpha value is -1.48. The Bertz CT molecular complexity index is 760. The summed E-state index contributed by atoms with van der Waals surface area (Å²) in [5.41, 5.74) is 1.30. The number of thiophene rings is 1. The highest BCUT2D eigenvalue weighted by molar-refractivity contribution is 14.0. The molecule has 3 heterocycles. The Labute approximate surface area is 188 Å². The van der Waals surface area contributed by atoms with Crippen molar-refractivity contribution in [2.45, 2.75) is 19.3 Å². The molecule has 2 aliphatic heterocycles. The fourth-order valence-corrected chi connectivity index (χ4v) is 4.60. The number of ether oxygens (including phenoxy) is 1. The zero-order chi connectivity index (χ0) is 18.5. The molecule has 4 rings (SSSR count). The van der Waals surface area contributed by atoms with Crippen LogP contribution in [-0.2, 0) is 0 Å². The number of anilines is 1. The van der Waals surface area contributed by atoms with Crippen LogP contribution >= 0.6 is 35.3 Å². The van der Waals surface area contributed by atoms with E-state index in [1.807, 2.05) is 17.4 Å². The van der Waals surface area contributed by atoms with Gasteiger partial charge in [-0.2, -0.15) is 0 Å². The van der Waals surface area contributed by atoms with Crippen molar-refractivity contribution in [2.75, 3.05) is 50.8 Å². The lowest BCUT2D eigenvalue weighted by Gasteiger charge is -2.37. The molecule has 1 aromatic heterocycles. The number of nitrogens with one attached hydrogen (secondary N) is 1. The van der Waals surface area contributed by atoms with E-state index < -0.39 is 0 Å². The van der Waals surface area contributed by atoms with Gasteiger partial charge in [-0.25, -0.2) is 0 Å². The lowest BCUT2D eigenvalue weighted by atomic mass is 9.93. The summed E-state index contributed by atoms with van der Waals surface area (Å²) in [6, 6.07) is 12.7. The standard InChI is InChI=1S/C21H28N4OS.HI/c1-2-22-21(25-12-10-24(11-13-25)20-8-5-15-27-20)23-16-17-9-14-26-19-7-4-3-6-18(17)19;/h3-8,15,17H,2,9-14,16H2,1H3,(H,22,23);1H. The summed E-state index contributed by atoms with van der Waals surface area (Å²) in [6.45, 7) is 8.74. The molecule has 1 unspecified atom stereocenters. The first-order valence-electron chi connectivity index (χ1n) is 9.88. The highest BCUT2D eigenvalue weighted by atomic mass is 127. The van der Waals surface area contributed by atoms with Crippen molar-refractivity contribution in [2.24, 2.45) is 4.99 Å². The number of fused-ring (bicyclic) bond motifs is 1. The van der Waals surface area contributed by atoms with Gasteiger partial charge in [-0.15, -0.1) is 35.3 Å². The first kappa shape index (κ1) is 21.2. The van der Waals surface area contributed by atoms with Crippen LogP contribution in [0.3, 0.4) is 0 Å². The molecule has 1 N–H and O–H groups in total. The van der Waals surface area contributed by atoms with Crippen molar-refractivity contribution in [1.29, 1.82) is 0 Å². The van der Waals surface area contributed by atoms with Gasteiger partial charge in [0, 0.05) is 45.2 Å². The molecule has 28 heavy (non-hydrogen) atoms. The van der Waals surface area contributed by atoms with E-state index in [0.29, 0.717) is 5.92 Å². The van der Waals surface area contributed by atoms with Crippen LogP contribution in [0.2, 0.25) is 0 Å². The molecule has 2 aromatic rings. The number of para-hydroxylation sites is 1. The van der Waals surface area contributed by atoms with Crippen molar-refractivity contribution in [3.8, 4) is 5.75 Å². The van der Waals surface area contributed by atoms with Gasteiger partial charge >= 0.3 is 0 Å². The second-order valence-electron chi connectivity index (χ2n) is 6.99. The smallest absolute Gasteiger partial charge is 0.194 e. The predicted molar refractivity (Wildman–Crippen MR) is 129 cm³/mol. The average molecular weight is 512 g/mol. The predicted octanol–water partition coefficient (Wildman–Crippen LogP) is 4.02. The SMILES string of the molecule is CCNC(=NCC1CCOc2ccccc21)N1CCN(c2cccs2)CC1.I. The maximum atomic E-state index is 5.79. The van der Waals surface area contributed by atoms with Crippen molar-refractivity contribution < 1.29 is 4.74 Å². The van der Waals surface area contributed by atoms with Crippen LogP contribution < -0.4 is 15.0 Å². The lowest BCUT2D eigenvalue weighted by Crippen LogP contribution is -2.52. The molecule has 0 aliphatic carbocycles. The van der Waals surface area contributed by atoms with Gasteiger partial charge in [0.25, 0.3) is 0 Å². The zero-order valence-corrected chi connectivity index (χ0v) is 19.5. The first-order chi connectivity index (χ1) is 13.3. The molecule has 5 nitrogen and oxygen atoms in total. The van der Waals surface area contributed by atoms with E-state index in [9.17, 15) is 0 Å². The third kappa shape index (κ3) is 4.92. The number of halogens is 1. The number of nitrogens with zero attached hydrogens (tertiary/aromatic N) is 3. The summed E-state index contributed by atoms with van der Waals surface area (Å²) in [4.78, 5) is 9.88. The Balaban J connectivity index is 0.00000225. The number of benzene rings is 1. The first-order valence-corrected chi connectivity index (χ1v) is 10.8. The number of rotatable bonds is 4. The number of guanidine groups is 1. The van der Waals surface area contributed by atoms with Crippen LogP contribution in [-0.4, -0.2) is 56.7 Å². The highest BCUT2D eigenvalue weighted by Gasteiger charge is 2.23. The highest BCUT2D eigenvalue weighted by Crippen LogP contribution is 2.33. The minimum absolute atomic E-state index is 0. The summed E-state index contributed by atoms with van der Waals surface area (Å²) in [7, 11) is 0. The fraction of sp³-hybridized carbons (Fsp3) is 0.476. The third-order valence-corrected chi connectivity index (χ3v) is 6.21. The van der Waals surface area contributed by atoms with Gasteiger partial charge in [-0.1, -0.05) is 18.2 Å². The van der Waals surface area contributed by atoms with Crippen LogP contribution in [0.15, 0.2) is 46.8 Å². The molecular weight excluding hydrogens is 483 g/mol. The van der Waals surface area contributed by atoms with Crippen LogP contribution in [0.5, 0.6) is 5.75 Å². The largest absolute Gasteiger partial charge is 0.493 e. The molecule has 7 heteroatoms.